The molecule has 0 aliphatic carbocycles. The predicted molar refractivity (Wildman–Crippen MR) is 166 cm³/mol. The Labute approximate surface area is 248 Å². The summed E-state index contributed by atoms with van der Waals surface area (Å²) in [5.41, 5.74) is 6.63. The number of rotatable bonds is 6. The summed E-state index contributed by atoms with van der Waals surface area (Å²) in [6.45, 7) is 9.49. The number of esters is 1. The number of nitrogens with zero attached hydrogens (tertiary/aromatic N) is 4. The SMILES string of the molecule is CC1=C(C(=O)OC(C)C)[C@@H](c2ccc(Cl)cc2)n2c(s/c(=C/c3cc(C)n(-c4ccc(N(C)C)cc4)c3C)c2=O)=N1. The van der Waals surface area contributed by atoms with Gasteiger partial charge in [0, 0.05) is 41.9 Å². The highest BCUT2D eigenvalue weighted by Crippen LogP contribution is 2.32. The van der Waals surface area contributed by atoms with E-state index in [4.69, 9.17) is 21.3 Å². The van der Waals surface area contributed by atoms with E-state index in [-0.39, 0.29) is 11.7 Å². The molecule has 1 aliphatic heterocycles. The number of benzene rings is 2. The van der Waals surface area contributed by atoms with Gasteiger partial charge in [0.2, 0.25) is 0 Å². The molecule has 0 unspecified atom stereocenters. The third-order valence-electron chi connectivity index (χ3n) is 7.15. The van der Waals surface area contributed by atoms with Crippen LogP contribution < -0.4 is 19.8 Å². The van der Waals surface area contributed by atoms with Crippen molar-refractivity contribution in [3.63, 3.8) is 0 Å². The van der Waals surface area contributed by atoms with E-state index in [1.807, 2.05) is 32.3 Å². The first-order valence-corrected chi connectivity index (χ1v) is 14.6. The van der Waals surface area contributed by atoms with Gasteiger partial charge in [-0.3, -0.25) is 9.36 Å². The minimum absolute atomic E-state index is 0.212. The topological polar surface area (TPSA) is 68.8 Å². The van der Waals surface area contributed by atoms with Crippen LogP contribution in [0.3, 0.4) is 0 Å². The molecule has 9 heteroatoms. The molecule has 1 aliphatic rings. The van der Waals surface area contributed by atoms with Gasteiger partial charge in [0.25, 0.3) is 5.56 Å². The number of allylic oxidation sites excluding steroid dienone is 1. The molecule has 41 heavy (non-hydrogen) atoms. The molecular weight excluding hydrogens is 556 g/mol. The zero-order valence-electron chi connectivity index (χ0n) is 24.2. The van der Waals surface area contributed by atoms with Crippen LogP contribution in [0.2, 0.25) is 5.02 Å². The van der Waals surface area contributed by atoms with Crippen LogP contribution in [-0.4, -0.2) is 35.3 Å². The van der Waals surface area contributed by atoms with Gasteiger partial charge in [-0.1, -0.05) is 35.1 Å². The smallest absolute Gasteiger partial charge is 0.338 e. The van der Waals surface area contributed by atoms with Gasteiger partial charge in [0.15, 0.2) is 4.80 Å². The summed E-state index contributed by atoms with van der Waals surface area (Å²) in [6, 6.07) is 17.0. The fourth-order valence-corrected chi connectivity index (χ4v) is 6.36. The Morgan fingerprint density at radius 3 is 2.34 bits per heavy atom. The van der Waals surface area contributed by atoms with Crippen molar-refractivity contribution in [2.45, 2.75) is 46.8 Å². The molecule has 3 heterocycles. The van der Waals surface area contributed by atoms with Crippen molar-refractivity contribution >= 4 is 40.7 Å². The first-order valence-electron chi connectivity index (χ1n) is 13.4. The Kier molecular flexibility index (Phi) is 7.81. The summed E-state index contributed by atoms with van der Waals surface area (Å²) in [7, 11) is 4.04. The van der Waals surface area contributed by atoms with E-state index in [1.165, 1.54) is 11.3 Å². The van der Waals surface area contributed by atoms with E-state index in [0.717, 1.165) is 33.9 Å². The lowest BCUT2D eigenvalue weighted by Crippen LogP contribution is -2.40. The molecule has 0 saturated carbocycles. The summed E-state index contributed by atoms with van der Waals surface area (Å²) in [5, 5.41) is 0.569. The summed E-state index contributed by atoms with van der Waals surface area (Å²) in [5.74, 6) is -0.487. The molecule has 212 valence electrons. The van der Waals surface area contributed by atoms with Gasteiger partial charge in [0.05, 0.1) is 27.9 Å². The van der Waals surface area contributed by atoms with E-state index in [1.54, 1.807) is 37.5 Å². The van der Waals surface area contributed by atoms with E-state index >= 15 is 0 Å². The number of hydrogen-bond donors (Lipinski definition) is 0. The molecule has 0 spiro atoms. The zero-order chi connectivity index (χ0) is 29.6. The van der Waals surface area contributed by atoms with Crippen LogP contribution in [0.1, 0.15) is 49.3 Å². The Balaban J connectivity index is 1.65. The third-order valence-corrected chi connectivity index (χ3v) is 8.39. The van der Waals surface area contributed by atoms with Crippen LogP contribution in [0, 0.1) is 13.8 Å². The average molecular weight is 589 g/mol. The number of hydrogen-bond acceptors (Lipinski definition) is 6. The van der Waals surface area contributed by atoms with Crippen molar-refractivity contribution in [1.29, 1.82) is 0 Å². The molecule has 0 bridgehead atoms. The summed E-state index contributed by atoms with van der Waals surface area (Å²) >= 11 is 7.49. The Hall–Kier alpha value is -3.88. The predicted octanol–water partition coefficient (Wildman–Crippen LogP) is 5.31. The lowest BCUT2D eigenvalue weighted by Gasteiger charge is -2.25. The minimum Gasteiger partial charge on any atom is -0.459 e. The number of anilines is 1. The first kappa shape index (κ1) is 28.6. The molecule has 4 aromatic rings. The molecule has 2 aromatic heterocycles. The molecule has 0 fully saturated rings. The van der Waals surface area contributed by atoms with Gasteiger partial charge in [-0.15, -0.1) is 0 Å². The zero-order valence-corrected chi connectivity index (χ0v) is 25.8. The Bertz CT molecular complexity index is 1840. The van der Waals surface area contributed by atoms with E-state index in [9.17, 15) is 9.59 Å². The van der Waals surface area contributed by atoms with Crippen molar-refractivity contribution in [2.24, 2.45) is 4.99 Å². The van der Waals surface area contributed by atoms with Crippen LogP contribution in [0.15, 0.2) is 75.7 Å². The van der Waals surface area contributed by atoms with Crippen LogP contribution >= 0.6 is 22.9 Å². The first-order chi connectivity index (χ1) is 19.5. The Morgan fingerprint density at radius 1 is 1.07 bits per heavy atom. The second-order valence-corrected chi connectivity index (χ2v) is 12.1. The van der Waals surface area contributed by atoms with E-state index in [0.29, 0.717) is 25.6 Å². The monoisotopic (exact) mass is 588 g/mol. The number of halogens is 1. The van der Waals surface area contributed by atoms with Gasteiger partial charge >= 0.3 is 5.97 Å². The van der Waals surface area contributed by atoms with Crippen molar-refractivity contribution in [3.8, 4) is 5.69 Å². The highest BCUT2D eigenvalue weighted by Gasteiger charge is 2.33. The van der Waals surface area contributed by atoms with Gasteiger partial charge in [0.1, 0.15) is 0 Å². The second kappa shape index (κ2) is 11.2. The standard InChI is InChI=1S/C32H33ClN4O3S/c1-18(2)40-31(39)28-20(4)34-32-37(29(28)22-8-10-24(33)11-9-22)30(38)27(41-32)17-23-16-19(3)36(21(23)5)26-14-12-25(13-15-26)35(6)7/h8-18,29H,1-7H3/b27-17+/t29-/m1/s1. The molecule has 0 N–H and O–H groups in total. The molecule has 0 radical (unpaired) electrons. The maximum atomic E-state index is 14.0. The number of aryl methyl sites for hydroxylation is 1. The number of carbonyl (C=O) groups excluding carboxylic acids is 1. The summed E-state index contributed by atoms with van der Waals surface area (Å²) < 4.78 is 9.90. The quantitative estimate of drug-likeness (QED) is 0.286. The average Bonchev–Trinajstić information content (AvgIpc) is 3.37. The van der Waals surface area contributed by atoms with Crippen molar-refractivity contribution in [1.82, 2.24) is 9.13 Å². The normalized spacial score (nSPS) is 15.2. The van der Waals surface area contributed by atoms with Gasteiger partial charge in [-0.25, -0.2) is 9.79 Å². The maximum absolute atomic E-state index is 14.0. The fourth-order valence-electron chi connectivity index (χ4n) is 5.19. The number of carbonyl (C=O) groups is 1. The van der Waals surface area contributed by atoms with Crippen LogP contribution in [0.25, 0.3) is 11.8 Å². The number of ether oxygens (including phenoxy) is 1. The molecule has 0 saturated heterocycles. The van der Waals surface area contributed by atoms with Gasteiger partial charge in [-0.05, 0) is 94.3 Å². The number of thiazole rings is 1. The second-order valence-electron chi connectivity index (χ2n) is 10.7. The van der Waals surface area contributed by atoms with Crippen LogP contribution in [0.5, 0.6) is 0 Å². The van der Waals surface area contributed by atoms with Crippen molar-refractivity contribution in [2.75, 3.05) is 19.0 Å². The summed E-state index contributed by atoms with van der Waals surface area (Å²) in [6.07, 6.45) is 1.61. The molecule has 2 aromatic carbocycles. The van der Waals surface area contributed by atoms with E-state index in [2.05, 4.69) is 53.6 Å². The van der Waals surface area contributed by atoms with Crippen LogP contribution in [-0.2, 0) is 9.53 Å². The lowest BCUT2D eigenvalue weighted by atomic mass is 9.96. The van der Waals surface area contributed by atoms with Crippen molar-refractivity contribution in [3.05, 3.63) is 113 Å². The largest absolute Gasteiger partial charge is 0.459 e. The highest BCUT2D eigenvalue weighted by molar-refractivity contribution is 7.07. The summed E-state index contributed by atoms with van der Waals surface area (Å²) in [4.78, 5) is 34.6. The van der Waals surface area contributed by atoms with Crippen LogP contribution in [0.4, 0.5) is 5.69 Å². The van der Waals surface area contributed by atoms with Crippen molar-refractivity contribution < 1.29 is 9.53 Å². The highest BCUT2D eigenvalue weighted by atomic mass is 35.5. The van der Waals surface area contributed by atoms with E-state index < -0.39 is 12.0 Å². The maximum Gasteiger partial charge on any atom is 0.338 e. The molecular formula is C32H33ClN4O3S. The molecule has 1 atom stereocenters. The fraction of sp³-hybridized carbons (Fsp3) is 0.281. The van der Waals surface area contributed by atoms with Gasteiger partial charge in [-0.2, -0.15) is 0 Å². The third kappa shape index (κ3) is 5.42. The Morgan fingerprint density at radius 2 is 1.73 bits per heavy atom. The molecule has 5 rings (SSSR count). The molecule has 7 nitrogen and oxygen atoms in total. The lowest BCUT2D eigenvalue weighted by molar-refractivity contribution is -0.143. The van der Waals surface area contributed by atoms with Gasteiger partial charge < -0.3 is 14.2 Å². The minimum atomic E-state index is -0.681. The number of aromatic nitrogens is 2. The molecule has 0 amide bonds. The number of fused-ring (bicyclic) bond motifs is 1.